The molecule has 8 aromatic rings. The zero-order valence-corrected chi connectivity index (χ0v) is 35.6. The van der Waals surface area contributed by atoms with Crippen LogP contribution < -0.4 is 13.9 Å². The Morgan fingerprint density at radius 2 is 1.14 bits per heavy atom. The maximum atomic E-state index is 7.66. The largest absolute Gasteiger partial charge is 0.499 e. The Bertz CT molecular complexity index is 3060. The van der Waals surface area contributed by atoms with Crippen molar-refractivity contribution in [2.45, 2.75) is 84.4 Å². The van der Waals surface area contributed by atoms with Gasteiger partial charge < -0.3 is 4.74 Å². The molecule has 59 heavy (non-hydrogen) atoms. The van der Waals surface area contributed by atoms with Gasteiger partial charge in [0.2, 0.25) is 5.69 Å². The van der Waals surface area contributed by atoms with Crippen molar-refractivity contribution in [1.29, 1.82) is 0 Å². The minimum absolute atomic E-state index is 0.0728. The average Bonchev–Trinajstić information content (AvgIpc) is 3.71. The summed E-state index contributed by atoms with van der Waals surface area (Å²) in [6.07, 6.45) is 2.28. The van der Waals surface area contributed by atoms with E-state index in [2.05, 4.69) is 222 Å². The molecule has 6 aromatic carbocycles. The molecule has 1 atom stereocenters. The van der Waals surface area contributed by atoms with Crippen LogP contribution in [0.5, 0.6) is 5.75 Å². The predicted octanol–water partition coefficient (Wildman–Crippen LogP) is 12.7. The van der Waals surface area contributed by atoms with Gasteiger partial charge in [-0.3, -0.25) is 0 Å². The van der Waals surface area contributed by atoms with Crippen molar-refractivity contribution < 1.29 is 13.9 Å². The second-order valence-corrected chi connectivity index (χ2v) is 20.0. The Kier molecular flexibility index (Phi) is 7.24. The molecular formula is C55H51N3O+2. The lowest BCUT2D eigenvalue weighted by atomic mass is 9.80. The molecule has 290 valence electrons. The second kappa shape index (κ2) is 11.9. The maximum absolute atomic E-state index is 7.66. The molecule has 2 aromatic heterocycles. The predicted molar refractivity (Wildman–Crippen MR) is 240 cm³/mol. The molecule has 3 aliphatic heterocycles. The monoisotopic (exact) mass is 769 g/mol. The first kappa shape index (κ1) is 35.9. The highest BCUT2D eigenvalue weighted by atomic mass is 16.5. The quantitative estimate of drug-likeness (QED) is 0.164. The summed E-state index contributed by atoms with van der Waals surface area (Å²) in [5.74, 6) is 0.976. The van der Waals surface area contributed by atoms with E-state index in [1.807, 2.05) is 0 Å². The third-order valence-corrected chi connectivity index (χ3v) is 13.0. The van der Waals surface area contributed by atoms with E-state index in [0.717, 1.165) is 34.0 Å². The van der Waals surface area contributed by atoms with Gasteiger partial charge in [0, 0.05) is 23.3 Å². The molecule has 0 N–H and O–H groups in total. The summed E-state index contributed by atoms with van der Waals surface area (Å²) < 4.78 is 15.1. The fourth-order valence-electron chi connectivity index (χ4n) is 9.79. The van der Waals surface area contributed by atoms with Crippen molar-refractivity contribution in [2.24, 2.45) is 0 Å². The number of benzene rings is 6. The minimum Gasteiger partial charge on any atom is -0.392 e. The lowest BCUT2D eigenvalue weighted by molar-refractivity contribution is -0.997. The van der Waals surface area contributed by atoms with Gasteiger partial charge in [0.1, 0.15) is 22.6 Å². The van der Waals surface area contributed by atoms with E-state index in [1.165, 1.54) is 66.7 Å². The summed E-state index contributed by atoms with van der Waals surface area (Å²) in [6.45, 7) is 20.7. The van der Waals surface area contributed by atoms with Crippen molar-refractivity contribution >= 4 is 11.0 Å². The zero-order valence-electron chi connectivity index (χ0n) is 35.6. The van der Waals surface area contributed by atoms with Crippen LogP contribution in [0.4, 0.5) is 0 Å². The molecule has 1 spiro atoms. The number of rotatable bonds is 3. The summed E-state index contributed by atoms with van der Waals surface area (Å²) in [4.78, 5) is 0. The SMILES string of the molecule is CC(C)(C)c1ccc(-c2cc[n+]3c(c2)-c2cc(C(C)(C)C)cc4c2C32Oc3ccccc3-c3n(-c5cc(-c6ccccc6)cc(C(C)(C)C)c5)c5cccc-4c5[n+]32)cc1. The first-order valence-corrected chi connectivity index (χ1v) is 21.1. The Balaban J connectivity index is 1.27. The Hall–Kier alpha value is -6.26. The van der Waals surface area contributed by atoms with E-state index in [0.29, 0.717) is 0 Å². The van der Waals surface area contributed by atoms with Crippen LogP contribution >= 0.6 is 0 Å². The highest BCUT2D eigenvalue weighted by molar-refractivity contribution is 5.98. The van der Waals surface area contributed by atoms with Crippen LogP contribution in [-0.2, 0) is 22.1 Å². The average molecular weight is 770 g/mol. The number of hydrogen-bond acceptors (Lipinski definition) is 1. The second-order valence-electron chi connectivity index (χ2n) is 20.0. The molecule has 0 fully saturated rings. The molecular weight excluding hydrogens is 719 g/mol. The number of imidazole rings is 1. The summed E-state index contributed by atoms with van der Waals surface area (Å²) >= 11 is 0. The fourth-order valence-corrected chi connectivity index (χ4v) is 9.79. The molecule has 4 heteroatoms. The molecule has 3 aliphatic rings. The minimum atomic E-state index is -1.00. The van der Waals surface area contributed by atoms with Crippen LogP contribution in [0.3, 0.4) is 0 Å². The third-order valence-electron chi connectivity index (χ3n) is 13.0. The molecule has 0 saturated carbocycles. The van der Waals surface area contributed by atoms with Crippen LogP contribution in [0.25, 0.3) is 72.7 Å². The molecule has 0 amide bonds. The van der Waals surface area contributed by atoms with Gasteiger partial charge >= 0.3 is 11.7 Å². The molecule has 0 aliphatic carbocycles. The van der Waals surface area contributed by atoms with Gasteiger partial charge in [-0.1, -0.05) is 141 Å². The van der Waals surface area contributed by atoms with E-state index in [4.69, 9.17) is 4.74 Å². The third kappa shape index (κ3) is 5.08. The summed E-state index contributed by atoms with van der Waals surface area (Å²) in [6, 6.07) is 52.2. The highest BCUT2D eigenvalue weighted by Gasteiger charge is 2.68. The van der Waals surface area contributed by atoms with Gasteiger partial charge in [-0.05, 0) is 104 Å². The maximum Gasteiger partial charge on any atom is 0.499 e. The lowest BCUT2D eigenvalue weighted by Gasteiger charge is -2.32. The van der Waals surface area contributed by atoms with Crippen molar-refractivity contribution in [3.8, 4) is 67.5 Å². The summed E-state index contributed by atoms with van der Waals surface area (Å²) in [7, 11) is 0. The number of ether oxygens (including phenoxy) is 1. The van der Waals surface area contributed by atoms with E-state index in [9.17, 15) is 0 Å². The topological polar surface area (TPSA) is 21.9 Å². The molecule has 4 nitrogen and oxygen atoms in total. The van der Waals surface area contributed by atoms with Crippen molar-refractivity contribution in [1.82, 2.24) is 4.57 Å². The van der Waals surface area contributed by atoms with Crippen LogP contribution in [0.2, 0.25) is 0 Å². The van der Waals surface area contributed by atoms with Gasteiger partial charge in [0.25, 0.3) is 0 Å². The van der Waals surface area contributed by atoms with Crippen LogP contribution in [0, 0.1) is 0 Å². The number of nitrogens with zero attached hydrogens (tertiary/aromatic N) is 3. The molecule has 11 rings (SSSR count). The first-order chi connectivity index (χ1) is 28.1. The van der Waals surface area contributed by atoms with Crippen LogP contribution in [-0.4, -0.2) is 4.57 Å². The van der Waals surface area contributed by atoms with Crippen molar-refractivity contribution in [3.63, 3.8) is 0 Å². The lowest BCUT2D eigenvalue weighted by Crippen LogP contribution is -2.78. The van der Waals surface area contributed by atoms with Crippen molar-refractivity contribution in [3.05, 3.63) is 168 Å². The Morgan fingerprint density at radius 3 is 1.86 bits per heavy atom. The van der Waals surface area contributed by atoms with Gasteiger partial charge in [-0.2, -0.15) is 4.57 Å². The molecule has 1 unspecified atom stereocenters. The fraction of sp³-hybridized carbons (Fsp3) is 0.236. The number of para-hydroxylation sites is 2. The number of aromatic nitrogens is 3. The van der Waals surface area contributed by atoms with Gasteiger partial charge in [0.15, 0.2) is 17.2 Å². The molecule has 0 radical (unpaired) electrons. The van der Waals surface area contributed by atoms with Gasteiger partial charge in [-0.15, -0.1) is 9.13 Å². The van der Waals surface area contributed by atoms with E-state index in [-0.39, 0.29) is 16.2 Å². The normalized spacial score (nSPS) is 16.1. The summed E-state index contributed by atoms with van der Waals surface area (Å²) in [5.41, 5.74) is 19.2. The van der Waals surface area contributed by atoms with Crippen LogP contribution in [0.1, 0.15) is 84.6 Å². The standard InChI is InChI=1S/C55H51N3O/c1-52(2,3)38-24-22-35(23-25-38)36-26-27-56-47(30-36)45-33-40(54(7,8)9)32-44-42-19-15-20-46-50(42)58-51(43-18-13-14-21-48(43)59-55(56,58)49(44)45)57(46)41-29-37(34-16-11-10-12-17-34)28-39(31-41)53(4,5)6/h10-33H,1-9H3/q+2. The number of hydrogen-bond donors (Lipinski definition) is 0. The first-order valence-electron chi connectivity index (χ1n) is 21.1. The Labute approximate surface area is 348 Å². The molecule has 0 saturated heterocycles. The summed E-state index contributed by atoms with van der Waals surface area (Å²) in [5, 5.41) is 0. The highest BCUT2D eigenvalue weighted by Crippen LogP contribution is 2.54. The molecule has 0 bridgehead atoms. The van der Waals surface area contributed by atoms with E-state index < -0.39 is 5.85 Å². The van der Waals surface area contributed by atoms with Gasteiger partial charge in [-0.25, -0.2) is 0 Å². The Morgan fingerprint density at radius 1 is 0.492 bits per heavy atom. The molecule has 5 heterocycles. The zero-order chi connectivity index (χ0) is 40.8. The van der Waals surface area contributed by atoms with E-state index in [1.54, 1.807) is 0 Å². The smallest absolute Gasteiger partial charge is 0.392 e. The number of fused-ring (bicyclic) bond motifs is 5. The van der Waals surface area contributed by atoms with Crippen molar-refractivity contribution in [2.75, 3.05) is 0 Å². The van der Waals surface area contributed by atoms with Gasteiger partial charge in [0.05, 0.1) is 5.56 Å². The number of pyridine rings is 1. The van der Waals surface area contributed by atoms with E-state index >= 15 is 0 Å². The van der Waals surface area contributed by atoms with Crippen LogP contribution in [0.15, 0.2) is 146 Å².